The van der Waals surface area contributed by atoms with Gasteiger partial charge in [-0.05, 0) is 18.6 Å². The predicted octanol–water partition coefficient (Wildman–Crippen LogP) is 1.59. The predicted molar refractivity (Wildman–Crippen MR) is 68.6 cm³/mol. The monoisotopic (exact) mass is 246 g/mol. The SMILES string of the molecule is CCc1nc(CC)n(-c2ccc(CO)c(C)n2)n1. The van der Waals surface area contributed by atoms with Crippen molar-refractivity contribution in [3.05, 3.63) is 35.0 Å². The van der Waals surface area contributed by atoms with Gasteiger partial charge in [0.15, 0.2) is 11.6 Å². The largest absolute Gasteiger partial charge is 0.392 e. The maximum Gasteiger partial charge on any atom is 0.155 e. The molecule has 5 nitrogen and oxygen atoms in total. The van der Waals surface area contributed by atoms with Gasteiger partial charge in [0.05, 0.1) is 6.61 Å². The molecule has 0 aliphatic rings. The molecule has 0 aromatic carbocycles. The Hall–Kier alpha value is -1.75. The molecule has 0 amide bonds. The quantitative estimate of drug-likeness (QED) is 0.889. The Balaban J connectivity index is 2.47. The summed E-state index contributed by atoms with van der Waals surface area (Å²) >= 11 is 0. The summed E-state index contributed by atoms with van der Waals surface area (Å²) in [5.74, 6) is 2.50. The van der Waals surface area contributed by atoms with E-state index in [2.05, 4.69) is 22.0 Å². The minimum Gasteiger partial charge on any atom is -0.392 e. The van der Waals surface area contributed by atoms with Gasteiger partial charge in [-0.25, -0.2) is 9.97 Å². The molecule has 96 valence electrons. The van der Waals surface area contributed by atoms with Crippen LogP contribution in [-0.4, -0.2) is 24.9 Å². The first-order chi connectivity index (χ1) is 8.69. The molecule has 0 bridgehead atoms. The molecule has 0 aliphatic carbocycles. The van der Waals surface area contributed by atoms with Crippen LogP contribution in [0.2, 0.25) is 0 Å². The second-order valence-corrected chi connectivity index (χ2v) is 4.14. The number of pyridine rings is 1. The van der Waals surface area contributed by atoms with Crippen LogP contribution in [0.25, 0.3) is 5.82 Å². The Morgan fingerprint density at radius 3 is 2.50 bits per heavy atom. The van der Waals surface area contributed by atoms with Crippen LogP contribution in [0.1, 0.15) is 36.8 Å². The lowest BCUT2D eigenvalue weighted by Crippen LogP contribution is -2.06. The molecule has 5 heteroatoms. The molecular formula is C13H18N4O. The molecule has 0 fully saturated rings. The second-order valence-electron chi connectivity index (χ2n) is 4.14. The van der Waals surface area contributed by atoms with E-state index in [-0.39, 0.29) is 6.61 Å². The first-order valence-electron chi connectivity index (χ1n) is 6.22. The lowest BCUT2D eigenvalue weighted by molar-refractivity contribution is 0.280. The highest BCUT2D eigenvalue weighted by Crippen LogP contribution is 2.12. The van der Waals surface area contributed by atoms with Gasteiger partial charge in [-0.3, -0.25) is 0 Å². The lowest BCUT2D eigenvalue weighted by atomic mass is 10.2. The molecule has 2 aromatic rings. The summed E-state index contributed by atoms with van der Waals surface area (Å²) < 4.78 is 1.78. The van der Waals surface area contributed by atoms with Crippen LogP contribution in [0.15, 0.2) is 12.1 Å². The van der Waals surface area contributed by atoms with Crippen molar-refractivity contribution >= 4 is 0 Å². The summed E-state index contributed by atoms with van der Waals surface area (Å²) in [6.07, 6.45) is 1.63. The molecule has 0 unspecified atom stereocenters. The van der Waals surface area contributed by atoms with Crippen LogP contribution in [0.5, 0.6) is 0 Å². The van der Waals surface area contributed by atoms with Crippen LogP contribution in [0, 0.1) is 6.92 Å². The number of aliphatic hydroxyl groups is 1. The zero-order chi connectivity index (χ0) is 13.1. The molecule has 1 N–H and O–H groups in total. The minimum atomic E-state index is 0.0112. The molecule has 2 heterocycles. The summed E-state index contributed by atoms with van der Waals surface area (Å²) in [4.78, 5) is 8.93. The van der Waals surface area contributed by atoms with E-state index in [9.17, 15) is 0 Å². The number of rotatable bonds is 4. The van der Waals surface area contributed by atoms with Gasteiger partial charge >= 0.3 is 0 Å². The fourth-order valence-corrected chi connectivity index (χ4v) is 1.82. The van der Waals surface area contributed by atoms with E-state index in [0.717, 1.165) is 41.6 Å². The van der Waals surface area contributed by atoms with Gasteiger partial charge in [-0.2, -0.15) is 4.68 Å². The highest BCUT2D eigenvalue weighted by atomic mass is 16.3. The zero-order valence-corrected chi connectivity index (χ0v) is 11.0. The van der Waals surface area contributed by atoms with Crippen molar-refractivity contribution in [3.63, 3.8) is 0 Å². The summed E-state index contributed by atoms with van der Waals surface area (Å²) in [5, 5.41) is 13.6. The van der Waals surface area contributed by atoms with Crippen molar-refractivity contribution in [2.45, 2.75) is 40.2 Å². The van der Waals surface area contributed by atoms with E-state index >= 15 is 0 Å². The van der Waals surface area contributed by atoms with Crippen molar-refractivity contribution in [2.24, 2.45) is 0 Å². The maximum absolute atomic E-state index is 9.15. The third-order valence-corrected chi connectivity index (χ3v) is 2.92. The summed E-state index contributed by atoms with van der Waals surface area (Å²) in [5.41, 5.74) is 1.67. The lowest BCUT2D eigenvalue weighted by Gasteiger charge is -2.07. The minimum absolute atomic E-state index is 0.0112. The summed E-state index contributed by atoms with van der Waals surface area (Å²) in [6, 6.07) is 3.75. The van der Waals surface area contributed by atoms with Crippen molar-refractivity contribution < 1.29 is 5.11 Å². The van der Waals surface area contributed by atoms with Crippen molar-refractivity contribution in [1.82, 2.24) is 19.7 Å². The van der Waals surface area contributed by atoms with Crippen LogP contribution >= 0.6 is 0 Å². The maximum atomic E-state index is 9.15. The average molecular weight is 246 g/mol. The van der Waals surface area contributed by atoms with Gasteiger partial charge in [0.1, 0.15) is 5.82 Å². The number of aromatic nitrogens is 4. The number of nitrogens with zero attached hydrogens (tertiary/aromatic N) is 4. The van der Waals surface area contributed by atoms with E-state index < -0.39 is 0 Å². The first kappa shape index (κ1) is 12.7. The number of hydrogen-bond donors (Lipinski definition) is 1. The summed E-state index contributed by atoms with van der Waals surface area (Å²) in [6.45, 7) is 5.98. The molecule has 2 aromatic heterocycles. The standard InChI is InChI=1S/C13H18N4O/c1-4-11-15-12(5-2)17(16-11)13-7-6-10(8-18)9(3)14-13/h6-7,18H,4-5,8H2,1-3H3. The van der Waals surface area contributed by atoms with Gasteiger partial charge in [-0.15, -0.1) is 5.10 Å². The first-order valence-corrected chi connectivity index (χ1v) is 6.22. The van der Waals surface area contributed by atoms with Gasteiger partial charge in [0, 0.05) is 18.5 Å². The highest BCUT2D eigenvalue weighted by molar-refractivity contribution is 5.30. The van der Waals surface area contributed by atoms with Crippen LogP contribution in [-0.2, 0) is 19.4 Å². The Morgan fingerprint density at radius 1 is 1.17 bits per heavy atom. The molecule has 18 heavy (non-hydrogen) atoms. The van der Waals surface area contributed by atoms with E-state index in [0.29, 0.717) is 0 Å². The van der Waals surface area contributed by atoms with E-state index in [1.807, 2.05) is 26.0 Å². The Morgan fingerprint density at radius 2 is 1.94 bits per heavy atom. The van der Waals surface area contributed by atoms with Crippen molar-refractivity contribution in [2.75, 3.05) is 0 Å². The molecule has 0 saturated carbocycles. The Kier molecular flexibility index (Phi) is 3.72. The Bertz CT molecular complexity index is 548. The normalized spacial score (nSPS) is 10.9. The van der Waals surface area contributed by atoms with Crippen molar-refractivity contribution in [1.29, 1.82) is 0 Å². The number of aliphatic hydroxyl groups excluding tert-OH is 1. The van der Waals surface area contributed by atoms with E-state index in [4.69, 9.17) is 5.11 Å². The highest BCUT2D eigenvalue weighted by Gasteiger charge is 2.11. The summed E-state index contributed by atoms with van der Waals surface area (Å²) in [7, 11) is 0. The number of hydrogen-bond acceptors (Lipinski definition) is 4. The second kappa shape index (κ2) is 5.27. The molecule has 0 atom stereocenters. The van der Waals surface area contributed by atoms with Crippen LogP contribution < -0.4 is 0 Å². The van der Waals surface area contributed by atoms with E-state index in [1.54, 1.807) is 4.68 Å². The third kappa shape index (κ3) is 2.26. The average Bonchev–Trinajstić information content (AvgIpc) is 2.82. The van der Waals surface area contributed by atoms with E-state index in [1.165, 1.54) is 0 Å². The molecule has 0 spiro atoms. The fourth-order valence-electron chi connectivity index (χ4n) is 1.82. The number of aryl methyl sites for hydroxylation is 3. The molecule has 0 radical (unpaired) electrons. The Labute approximate surface area is 107 Å². The topological polar surface area (TPSA) is 63.8 Å². The van der Waals surface area contributed by atoms with Gasteiger partial charge in [0.25, 0.3) is 0 Å². The zero-order valence-electron chi connectivity index (χ0n) is 11.0. The third-order valence-electron chi connectivity index (χ3n) is 2.92. The van der Waals surface area contributed by atoms with Gasteiger partial charge < -0.3 is 5.11 Å². The molecule has 2 rings (SSSR count). The van der Waals surface area contributed by atoms with Gasteiger partial charge in [-0.1, -0.05) is 19.9 Å². The van der Waals surface area contributed by atoms with Gasteiger partial charge in [0.2, 0.25) is 0 Å². The molecular weight excluding hydrogens is 228 g/mol. The van der Waals surface area contributed by atoms with Crippen molar-refractivity contribution in [3.8, 4) is 5.82 Å². The smallest absolute Gasteiger partial charge is 0.155 e. The van der Waals surface area contributed by atoms with Crippen LogP contribution in [0.4, 0.5) is 0 Å². The van der Waals surface area contributed by atoms with Crippen LogP contribution in [0.3, 0.4) is 0 Å². The fraction of sp³-hybridized carbons (Fsp3) is 0.462. The molecule has 0 saturated heterocycles. The molecule has 0 aliphatic heterocycles.